The highest BCUT2D eigenvalue weighted by Gasteiger charge is 2.33. The topological polar surface area (TPSA) is 122 Å². The normalized spacial score (nSPS) is 15.8. The first-order valence-corrected chi connectivity index (χ1v) is 9.75. The third kappa shape index (κ3) is 4.63. The molecule has 1 aliphatic heterocycles. The van der Waals surface area contributed by atoms with Gasteiger partial charge in [-0.05, 0) is 24.3 Å². The molecular weight excluding hydrogens is 438 g/mol. The summed E-state index contributed by atoms with van der Waals surface area (Å²) in [5, 5.41) is 14.0. The van der Waals surface area contributed by atoms with Crippen molar-refractivity contribution in [3.05, 3.63) is 60.3 Å². The van der Waals surface area contributed by atoms with Gasteiger partial charge in [0.2, 0.25) is 5.91 Å². The molecule has 3 heterocycles. The molecule has 33 heavy (non-hydrogen) atoms. The van der Waals surface area contributed by atoms with Crippen LogP contribution in [0, 0.1) is 11.6 Å². The van der Waals surface area contributed by atoms with E-state index in [1.165, 1.54) is 25.5 Å². The number of hydrogen-bond donors (Lipinski definition) is 2. The number of halogens is 2. The van der Waals surface area contributed by atoms with Crippen molar-refractivity contribution in [3.8, 4) is 16.9 Å². The van der Waals surface area contributed by atoms with Gasteiger partial charge in [0.25, 0.3) is 0 Å². The fourth-order valence-corrected chi connectivity index (χ4v) is 3.36. The van der Waals surface area contributed by atoms with Crippen LogP contribution in [-0.4, -0.2) is 57.2 Å². The summed E-state index contributed by atoms with van der Waals surface area (Å²) in [5.74, 6) is -1.59. The summed E-state index contributed by atoms with van der Waals surface area (Å²) >= 11 is 0. The summed E-state index contributed by atoms with van der Waals surface area (Å²) in [6.07, 6.45) is 4.08. The largest absolute Gasteiger partial charge is 0.442 e. The predicted octanol–water partition coefficient (Wildman–Crippen LogP) is 2.48. The van der Waals surface area contributed by atoms with Crippen molar-refractivity contribution in [1.29, 1.82) is 0 Å². The van der Waals surface area contributed by atoms with E-state index in [9.17, 15) is 18.4 Å². The number of anilines is 1. The minimum Gasteiger partial charge on any atom is -0.442 e. The maximum Gasteiger partial charge on any atom is 0.414 e. The maximum atomic E-state index is 14.9. The number of cyclic esters (lactones) is 1. The lowest BCUT2D eigenvalue weighted by molar-refractivity contribution is -0.119. The van der Waals surface area contributed by atoms with Gasteiger partial charge < -0.3 is 15.3 Å². The molecule has 1 aliphatic rings. The van der Waals surface area contributed by atoms with Crippen molar-refractivity contribution < 1.29 is 28.3 Å². The quantitative estimate of drug-likeness (QED) is 0.334. The summed E-state index contributed by atoms with van der Waals surface area (Å²) in [6.45, 7) is 1.48. The Labute approximate surface area is 186 Å². The van der Waals surface area contributed by atoms with Crippen LogP contribution in [0.2, 0.25) is 0 Å². The van der Waals surface area contributed by atoms with E-state index in [-0.39, 0.29) is 35.8 Å². The fourth-order valence-electron chi connectivity index (χ4n) is 3.36. The average molecular weight is 456 g/mol. The van der Waals surface area contributed by atoms with Crippen molar-refractivity contribution in [2.45, 2.75) is 13.0 Å². The molecule has 0 radical (unpaired) electrons. The van der Waals surface area contributed by atoms with Crippen LogP contribution in [0.1, 0.15) is 12.6 Å². The molecule has 0 unspecified atom stereocenters. The van der Waals surface area contributed by atoms with Gasteiger partial charge >= 0.3 is 6.09 Å². The van der Waals surface area contributed by atoms with Crippen LogP contribution in [0.5, 0.6) is 0 Å². The number of imidazole rings is 1. The highest BCUT2D eigenvalue weighted by Crippen LogP contribution is 2.32. The molecule has 2 N–H and O–H groups in total. The van der Waals surface area contributed by atoms with E-state index in [1.54, 1.807) is 16.8 Å². The minimum absolute atomic E-state index is 0.00477. The Morgan fingerprint density at radius 2 is 2.09 bits per heavy atom. The van der Waals surface area contributed by atoms with Crippen LogP contribution in [0.15, 0.2) is 48.1 Å². The number of aromatic nitrogens is 3. The van der Waals surface area contributed by atoms with Gasteiger partial charge in [0.1, 0.15) is 35.6 Å². The predicted molar refractivity (Wildman–Crippen MR) is 112 cm³/mol. The smallest absolute Gasteiger partial charge is 0.414 e. The summed E-state index contributed by atoms with van der Waals surface area (Å²) < 4.78 is 36.4. The molecule has 170 valence electrons. The fraction of sp³-hybridized carbons (Fsp3) is 0.190. The molecule has 1 saturated heterocycles. The molecular formula is C21H18F2N6O4. The van der Waals surface area contributed by atoms with Crippen LogP contribution in [0.25, 0.3) is 16.9 Å². The monoisotopic (exact) mass is 456 g/mol. The Balaban J connectivity index is 1.55. The van der Waals surface area contributed by atoms with Gasteiger partial charge in [0, 0.05) is 24.9 Å². The van der Waals surface area contributed by atoms with Gasteiger partial charge in [-0.1, -0.05) is 5.16 Å². The lowest BCUT2D eigenvalue weighted by Gasteiger charge is -2.15. The second-order valence-corrected chi connectivity index (χ2v) is 7.19. The SMILES string of the molecule is CC(=O)NC[C@H]1CN(c2cc(F)c(-c3ccc(-n4cnc(C=NO)c4)nc3)c(F)c2)C(=O)O1. The first-order chi connectivity index (χ1) is 15.9. The molecule has 2 amide bonds. The number of oxime groups is 1. The minimum atomic E-state index is -0.873. The zero-order valence-corrected chi connectivity index (χ0v) is 17.3. The summed E-state index contributed by atoms with van der Waals surface area (Å²) in [4.78, 5) is 32.5. The van der Waals surface area contributed by atoms with Crippen LogP contribution in [0.4, 0.5) is 19.3 Å². The molecule has 2 aromatic heterocycles. The van der Waals surface area contributed by atoms with Crippen molar-refractivity contribution in [2.24, 2.45) is 5.16 Å². The van der Waals surface area contributed by atoms with E-state index in [0.717, 1.165) is 23.2 Å². The number of rotatable bonds is 6. The van der Waals surface area contributed by atoms with Gasteiger partial charge in [-0.15, -0.1) is 0 Å². The van der Waals surface area contributed by atoms with Gasteiger partial charge in [0.05, 0.1) is 30.6 Å². The third-order valence-corrected chi connectivity index (χ3v) is 4.88. The third-order valence-electron chi connectivity index (χ3n) is 4.88. The molecule has 1 fully saturated rings. The molecule has 0 aliphatic carbocycles. The van der Waals surface area contributed by atoms with Crippen LogP contribution >= 0.6 is 0 Å². The highest BCUT2D eigenvalue weighted by atomic mass is 19.1. The Hall–Kier alpha value is -4.35. The van der Waals surface area contributed by atoms with E-state index >= 15 is 0 Å². The molecule has 4 rings (SSSR count). The zero-order chi connectivity index (χ0) is 23.5. The Morgan fingerprint density at radius 3 is 2.73 bits per heavy atom. The summed E-state index contributed by atoms with van der Waals surface area (Å²) in [7, 11) is 0. The number of carbonyl (C=O) groups excluding carboxylic acids is 2. The lowest BCUT2D eigenvalue weighted by atomic mass is 10.1. The maximum absolute atomic E-state index is 14.9. The lowest BCUT2D eigenvalue weighted by Crippen LogP contribution is -2.33. The molecule has 3 aromatic rings. The summed E-state index contributed by atoms with van der Waals surface area (Å²) in [6, 6.07) is 5.14. The van der Waals surface area contributed by atoms with Crippen molar-refractivity contribution in [2.75, 3.05) is 18.0 Å². The number of nitrogens with zero attached hydrogens (tertiary/aromatic N) is 5. The van der Waals surface area contributed by atoms with Gasteiger partial charge in [-0.2, -0.15) is 0 Å². The van der Waals surface area contributed by atoms with E-state index < -0.39 is 23.8 Å². The van der Waals surface area contributed by atoms with Gasteiger partial charge in [-0.25, -0.2) is 23.5 Å². The van der Waals surface area contributed by atoms with Crippen LogP contribution in [0.3, 0.4) is 0 Å². The molecule has 0 spiro atoms. The first kappa shape index (κ1) is 21.9. The molecule has 0 bridgehead atoms. The Morgan fingerprint density at radius 1 is 1.33 bits per heavy atom. The number of amides is 2. The zero-order valence-electron chi connectivity index (χ0n) is 17.3. The van der Waals surface area contributed by atoms with Crippen molar-refractivity contribution in [1.82, 2.24) is 19.9 Å². The molecule has 1 aromatic carbocycles. The highest BCUT2D eigenvalue weighted by molar-refractivity contribution is 5.90. The van der Waals surface area contributed by atoms with E-state index in [1.807, 2.05) is 0 Å². The van der Waals surface area contributed by atoms with E-state index in [2.05, 4.69) is 20.4 Å². The number of ether oxygens (including phenoxy) is 1. The Kier molecular flexibility index (Phi) is 5.98. The molecule has 12 heteroatoms. The molecule has 10 nitrogen and oxygen atoms in total. The molecule has 1 atom stereocenters. The number of carbonyl (C=O) groups is 2. The standard InChI is InChI=1S/C21H18F2N6O4/c1-12(30)24-8-16-10-29(21(31)33-16)15-4-17(22)20(18(23)5-15)13-2-3-19(25-6-13)28-9-14(7-27-32)26-11-28/h2-7,9,11,16,32H,8,10H2,1H3,(H,24,30)/t16-/m0/s1. The number of nitrogens with one attached hydrogen (secondary N) is 1. The Bertz CT molecular complexity index is 1200. The number of benzene rings is 1. The summed E-state index contributed by atoms with van der Waals surface area (Å²) in [5.41, 5.74) is 0.310. The van der Waals surface area contributed by atoms with Gasteiger partial charge in [0.15, 0.2) is 0 Å². The second-order valence-electron chi connectivity index (χ2n) is 7.19. The first-order valence-electron chi connectivity index (χ1n) is 9.75. The van der Waals surface area contributed by atoms with Crippen LogP contribution in [-0.2, 0) is 9.53 Å². The van der Waals surface area contributed by atoms with Gasteiger partial charge in [-0.3, -0.25) is 14.3 Å². The van der Waals surface area contributed by atoms with E-state index in [0.29, 0.717) is 11.5 Å². The second kappa shape index (κ2) is 9.02. The molecule has 0 saturated carbocycles. The van der Waals surface area contributed by atoms with Crippen molar-refractivity contribution >= 4 is 23.9 Å². The number of pyridine rings is 1. The average Bonchev–Trinajstić information content (AvgIpc) is 3.39. The van der Waals surface area contributed by atoms with E-state index in [4.69, 9.17) is 9.94 Å². The van der Waals surface area contributed by atoms with Crippen molar-refractivity contribution in [3.63, 3.8) is 0 Å². The number of hydrogen-bond acceptors (Lipinski definition) is 7. The van der Waals surface area contributed by atoms with Crippen LogP contribution < -0.4 is 10.2 Å².